The fraction of sp³-hybridized carbons (Fsp3) is 0.667. The number of methoxy groups -OCH3 is 1. The van der Waals surface area contributed by atoms with E-state index in [-0.39, 0.29) is 24.0 Å². The van der Waals surface area contributed by atoms with Crippen LogP contribution in [-0.4, -0.2) is 76.9 Å². The van der Waals surface area contributed by atoms with Gasteiger partial charge in [0.05, 0.1) is 12.2 Å². The van der Waals surface area contributed by atoms with E-state index in [1.54, 1.807) is 13.2 Å². The van der Waals surface area contributed by atoms with E-state index in [9.17, 15) is 13.2 Å². The van der Waals surface area contributed by atoms with Gasteiger partial charge in [-0.05, 0) is 44.5 Å². The number of guanidine groups is 1. The molecule has 2 rings (SSSR count). The number of nitrogens with one attached hydrogen (secondary N) is 2. The van der Waals surface area contributed by atoms with Crippen molar-refractivity contribution in [1.29, 1.82) is 0 Å². The Hall–Kier alpha value is -1.27. The highest BCUT2D eigenvalue weighted by atomic mass is 127. The fourth-order valence-electron chi connectivity index (χ4n) is 3.36. The van der Waals surface area contributed by atoms with Gasteiger partial charge in [-0.2, -0.15) is 13.2 Å². The number of anilines is 1. The van der Waals surface area contributed by atoms with Crippen LogP contribution in [0.3, 0.4) is 0 Å². The van der Waals surface area contributed by atoms with Crippen molar-refractivity contribution in [3.63, 3.8) is 0 Å². The summed E-state index contributed by atoms with van der Waals surface area (Å²) in [5.74, 6) is 0.809. The number of alkyl halides is 3. The molecule has 6 nitrogen and oxygen atoms in total. The summed E-state index contributed by atoms with van der Waals surface area (Å²) in [5, 5.41) is 6.44. The van der Waals surface area contributed by atoms with Gasteiger partial charge in [-0.25, -0.2) is 0 Å². The van der Waals surface area contributed by atoms with E-state index in [1.165, 1.54) is 12.1 Å². The van der Waals surface area contributed by atoms with E-state index in [1.807, 2.05) is 11.8 Å². The van der Waals surface area contributed by atoms with E-state index in [2.05, 4.69) is 20.5 Å². The summed E-state index contributed by atoms with van der Waals surface area (Å²) >= 11 is 0. The standard InChI is InChI=1S/C21H34F3N5O.HI/c1-3-25-20(27-10-16-30-2)26-9-4-5-11-28-12-14-29(15-13-28)19-8-6-7-18(17-19)21(22,23)24;/h6-8,17H,3-5,9-16H2,1-2H3,(H2,25,26,27);1H. The molecule has 31 heavy (non-hydrogen) atoms. The molecule has 178 valence electrons. The molecule has 0 saturated carbocycles. The summed E-state index contributed by atoms with van der Waals surface area (Å²) in [6.45, 7) is 9.16. The van der Waals surface area contributed by atoms with Crippen LogP contribution >= 0.6 is 24.0 Å². The maximum Gasteiger partial charge on any atom is 0.416 e. The molecule has 0 spiro atoms. The molecule has 0 aliphatic carbocycles. The molecule has 1 fully saturated rings. The first kappa shape index (κ1) is 27.8. The first-order chi connectivity index (χ1) is 14.4. The van der Waals surface area contributed by atoms with Crippen LogP contribution in [0.1, 0.15) is 25.3 Å². The van der Waals surface area contributed by atoms with Crippen LogP contribution in [-0.2, 0) is 10.9 Å². The topological polar surface area (TPSA) is 52.1 Å². The second-order valence-electron chi connectivity index (χ2n) is 7.26. The Morgan fingerprint density at radius 3 is 2.52 bits per heavy atom. The van der Waals surface area contributed by atoms with Crippen molar-refractivity contribution in [3.8, 4) is 0 Å². The zero-order valence-corrected chi connectivity index (χ0v) is 20.7. The molecule has 2 N–H and O–H groups in total. The largest absolute Gasteiger partial charge is 0.416 e. The highest BCUT2D eigenvalue weighted by Crippen LogP contribution is 2.31. The summed E-state index contributed by atoms with van der Waals surface area (Å²) in [7, 11) is 1.67. The minimum atomic E-state index is -4.30. The van der Waals surface area contributed by atoms with Crippen LogP contribution in [0.4, 0.5) is 18.9 Å². The molecular formula is C21H35F3IN5O. The molecule has 10 heteroatoms. The van der Waals surface area contributed by atoms with E-state index in [0.717, 1.165) is 77.2 Å². The highest BCUT2D eigenvalue weighted by Gasteiger charge is 2.31. The van der Waals surface area contributed by atoms with Gasteiger partial charge in [-0.1, -0.05) is 6.07 Å². The Bertz CT molecular complexity index is 652. The number of unbranched alkanes of at least 4 members (excludes halogenated alkanes) is 1. The van der Waals surface area contributed by atoms with Crippen molar-refractivity contribution < 1.29 is 17.9 Å². The second kappa shape index (κ2) is 14.7. The number of halogens is 4. The quantitative estimate of drug-likeness (QED) is 0.200. The summed E-state index contributed by atoms with van der Waals surface area (Å²) in [4.78, 5) is 8.97. The number of ether oxygens (including phenoxy) is 1. The number of rotatable bonds is 10. The average Bonchev–Trinajstić information content (AvgIpc) is 2.73. The van der Waals surface area contributed by atoms with Crippen molar-refractivity contribution >= 4 is 35.6 Å². The van der Waals surface area contributed by atoms with Crippen molar-refractivity contribution in [2.75, 3.05) is 71.0 Å². The summed E-state index contributed by atoms with van der Waals surface area (Å²) < 4.78 is 43.8. The Morgan fingerprint density at radius 1 is 1.13 bits per heavy atom. The Labute approximate surface area is 200 Å². The maximum atomic E-state index is 12.9. The Morgan fingerprint density at radius 2 is 1.87 bits per heavy atom. The second-order valence-corrected chi connectivity index (χ2v) is 7.26. The first-order valence-electron chi connectivity index (χ1n) is 10.6. The third kappa shape index (κ3) is 10.3. The van der Waals surface area contributed by atoms with Crippen LogP contribution in [0.5, 0.6) is 0 Å². The van der Waals surface area contributed by atoms with Crippen LogP contribution in [0.15, 0.2) is 29.3 Å². The minimum Gasteiger partial charge on any atom is -0.383 e. The lowest BCUT2D eigenvalue weighted by Gasteiger charge is -2.36. The Kier molecular flexibility index (Phi) is 13.2. The molecule has 0 radical (unpaired) electrons. The molecule has 0 amide bonds. The van der Waals surface area contributed by atoms with Crippen LogP contribution in [0, 0.1) is 0 Å². The van der Waals surface area contributed by atoms with Gasteiger partial charge in [0, 0.05) is 58.6 Å². The van der Waals surface area contributed by atoms with Crippen molar-refractivity contribution in [2.24, 2.45) is 4.99 Å². The van der Waals surface area contributed by atoms with Gasteiger partial charge in [0.25, 0.3) is 0 Å². The molecule has 0 bridgehead atoms. The molecule has 1 saturated heterocycles. The van der Waals surface area contributed by atoms with Gasteiger partial charge in [-0.3, -0.25) is 9.89 Å². The normalized spacial score (nSPS) is 15.5. The zero-order valence-electron chi connectivity index (χ0n) is 18.4. The maximum absolute atomic E-state index is 12.9. The third-order valence-corrected chi connectivity index (χ3v) is 5.01. The van der Waals surface area contributed by atoms with E-state index in [0.29, 0.717) is 12.3 Å². The monoisotopic (exact) mass is 557 g/mol. The highest BCUT2D eigenvalue weighted by molar-refractivity contribution is 14.0. The van der Waals surface area contributed by atoms with Gasteiger partial charge in [-0.15, -0.1) is 24.0 Å². The predicted molar refractivity (Wildman–Crippen MR) is 131 cm³/mol. The summed E-state index contributed by atoms with van der Waals surface area (Å²) in [5.41, 5.74) is 0.0624. The van der Waals surface area contributed by atoms with Crippen molar-refractivity contribution in [2.45, 2.75) is 25.9 Å². The number of benzene rings is 1. The summed E-state index contributed by atoms with van der Waals surface area (Å²) in [6, 6.07) is 5.61. The molecule has 0 atom stereocenters. The van der Waals surface area contributed by atoms with Crippen molar-refractivity contribution in [3.05, 3.63) is 29.8 Å². The summed E-state index contributed by atoms with van der Waals surface area (Å²) in [6.07, 6.45) is -2.26. The third-order valence-electron chi connectivity index (χ3n) is 5.01. The lowest BCUT2D eigenvalue weighted by atomic mass is 10.1. The Balaban J connectivity index is 0.00000480. The van der Waals surface area contributed by atoms with Crippen molar-refractivity contribution in [1.82, 2.24) is 15.5 Å². The van der Waals surface area contributed by atoms with E-state index < -0.39 is 11.7 Å². The van der Waals surface area contributed by atoms with E-state index >= 15 is 0 Å². The zero-order chi connectivity index (χ0) is 21.8. The average molecular weight is 557 g/mol. The lowest BCUT2D eigenvalue weighted by Crippen LogP contribution is -2.46. The molecule has 1 aliphatic heterocycles. The van der Waals surface area contributed by atoms with Gasteiger partial charge in [0.15, 0.2) is 5.96 Å². The van der Waals surface area contributed by atoms with Crippen LogP contribution in [0.25, 0.3) is 0 Å². The lowest BCUT2D eigenvalue weighted by molar-refractivity contribution is -0.137. The minimum absolute atomic E-state index is 0. The molecule has 0 aromatic heterocycles. The number of hydrogen-bond donors (Lipinski definition) is 2. The van der Waals surface area contributed by atoms with Gasteiger partial charge >= 0.3 is 6.18 Å². The smallest absolute Gasteiger partial charge is 0.383 e. The SMILES string of the molecule is CCNC(=NCCCCN1CCN(c2cccc(C(F)(F)F)c2)CC1)NCCOC.I. The number of piperazine rings is 1. The van der Waals surface area contributed by atoms with Gasteiger partial charge in [0.1, 0.15) is 0 Å². The van der Waals surface area contributed by atoms with Crippen LogP contribution in [0.2, 0.25) is 0 Å². The first-order valence-corrected chi connectivity index (χ1v) is 10.6. The molecule has 1 aromatic carbocycles. The molecule has 1 heterocycles. The fourth-order valence-corrected chi connectivity index (χ4v) is 3.36. The molecule has 1 aliphatic rings. The van der Waals surface area contributed by atoms with E-state index in [4.69, 9.17) is 4.74 Å². The van der Waals surface area contributed by atoms with Crippen LogP contribution < -0.4 is 15.5 Å². The molecular weight excluding hydrogens is 522 g/mol. The molecule has 1 aromatic rings. The van der Waals surface area contributed by atoms with Gasteiger partial charge < -0.3 is 20.3 Å². The predicted octanol–water partition coefficient (Wildman–Crippen LogP) is 3.43. The molecule has 0 unspecified atom stereocenters. The van der Waals surface area contributed by atoms with Gasteiger partial charge in [0.2, 0.25) is 0 Å². The number of aliphatic imine (C=N–C) groups is 1. The number of nitrogens with zero attached hydrogens (tertiary/aromatic N) is 3. The number of hydrogen-bond acceptors (Lipinski definition) is 4.